The molecule has 0 bridgehead atoms. The first-order valence-corrected chi connectivity index (χ1v) is 6.35. The van der Waals surface area contributed by atoms with Gasteiger partial charge in [0, 0.05) is 25.1 Å². The summed E-state index contributed by atoms with van der Waals surface area (Å²) in [4.78, 5) is 21.9. The van der Waals surface area contributed by atoms with Crippen molar-refractivity contribution in [2.24, 2.45) is 5.92 Å². The summed E-state index contributed by atoms with van der Waals surface area (Å²) in [6.07, 6.45) is 1.95. The van der Waals surface area contributed by atoms with Crippen LogP contribution in [-0.4, -0.2) is 23.9 Å². The molecule has 1 aromatic rings. The van der Waals surface area contributed by atoms with Crippen LogP contribution in [-0.2, 0) is 4.79 Å². The fraction of sp³-hybridized carbons (Fsp3) is 0.462. The third-order valence-electron chi connectivity index (χ3n) is 3.12. The number of para-hydroxylation sites is 1. The summed E-state index contributed by atoms with van der Waals surface area (Å²) in [5.74, 6) is 0.272. The smallest absolute Gasteiger partial charge is 0.292 e. The first-order chi connectivity index (χ1) is 9.09. The Balaban J connectivity index is 1.88. The molecule has 1 aromatic carbocycles. The maximum Gasteiger partial charge on any atom is 0.292 e. The number of hydrogen-bond acceptors (Lipinski definition) is 4. The van der Waals surface area contributed by atoms with E-state index in [2.05, 4.69) is 10.6 Å². The zero-order chi connectivity index (χ0) is 13.8. The van der Waals surface area contributed by atoms with Crippen LogP contribution < -0.4 is 10.6 Å². The van der Waals surface area contributed by atoms with Gasteiger partial charge in [-0.25, -0.2) is 0 Å². The molecule has 102 valence electrons. The van der Waals surface area contributed by atoms with E-state index in [1.54, 1.807) is 6.07 Å². The van der Waals surface area contributed by atoms with Crippen molar-refractivity contribution in [2.75, 3.05) is 18.4 Å². The molecule has 0 radical (unpaired) electrons. The van der Waals surface area contributed by atoms with Crippen LogP contribution in [0.15, 0.2) is 18.2 Å². The Hall–Kier alpha value is -2.11. The molecule has 0 atom stereocenters. The van der Waals surface area contributed by atoms with E-state index in [0.717, 1.165) is 18.4 Å². The average molecular weight is 263 g/mol. The third kappa shape index (κ3) is 3.43. The molecule has 0 unspecified atom stereocenters. The van der Waals surface area contributed by atoms with E-state index in [0.29, 0.717) is 18.8 Å². The number of aryl methyl sites for hydroxylation is 1. The quantitative estimate of drug-likeness (QED) is 0.466. The number of carbonyl (C=O) groups excluding carboxylic acids is 1. The number of benzene rings is 1. The predicted molar refractivity (Wildman–Crippen MR) is 72.1 cm³/mol. The largest absolute Gasteiger partial charge is 0.378 e. The van der Waals surface area contributed by atoms with Crippen LogP contribution in [0.1, 0.15) is 18.4 Å². The Kier molecular flexibility index (Phi) is 3.99. The second kappa shape index (κ2) is 5.69. The molecular weight excluding hydrogens is 246 g/mol. The molecule has 6 heteroatoms. The summed E-state index contributed by atoms with van der Waals surface area (Å²) in [5, 5.41) is 16.7. The number of anilines is 1. The van der Waals surface area contributed by atoms with Crippen molar-refractivity contribution in [1.29, 1.82) is 0 Å². The minimum Gasteiger partial charge on any atom is -0.378 e. The van der Waals surface area contributed by atoms with Crippen molar-refractivity contribution in [3.63, 3.8) is 0 Å². The van der Waals surface area contributed by atoms with Crippen LogP contribution in [0.3, 0.4) is 0 Å². The third-order valence-corrected chi connectivity index (χ3v) is 3.12. The van der Waals surface area contributed by atoms with Gasteiger partial charge in [-0.3, -0.25) is 14.9 Å². The van der Waals surface area contributed by atoms with Crippen molar-refractivity contribution in [3.05, 3.63) is 33.9 Å². The Morgan fingerprint density at radius 2 is 2.16 bits per heavy atom. The highest BCUT2D eigenvalue weighted by Crippen LogP contribution is 2.29. The molecule has 1 amide bonds. The van der Waals surface area contributed by atoms with Gasteiger partial charge in [0.25, 0.3) is 5.69 Å². The Labute approximate surface area is 111 Å². The molecule has 1 aliphatic carbocycles. The Bertz CT molecular complexity index is 498. The summed E-state index contributed by atoms with van der Waals surface area (Å²) in [6.45, 7) is 2.77. The van der Waals surface area contributed by atoms with E-state index in [-0.39, 0.29) is 17.5 Å². The van der Waals surface area contributed by atoms with E-state index in [9.17, 15) is 14.9 Å². The average Bonchev–Trinajstić information content (AvgIpc) is 3.19. The van der Waals surface area contributed by atoms with Gasteiger partial charge in [0.2, 0.25) is 5.91 Å². The second-order valence-corrected chi connectivity index (χ2v) is 4.72. The molecule has 0 aliphatic heterocycles. The molecule has 2 rings (SSSR count). The lowest BCUT2D eigenvalue weighted by Crippen LogP contribution is -2.30. The monoisotopic (exact) mass is 263 g/mol. The summed E-state index contributed by atoms with van der Waals surface area (Å²) < 4.78 is 0. The summed E-state index contributed by atoms with van der Waals surface area (Å²) in [7, 11) is 0. The highest BCUT2D eigenvalue weighted by molar-refractivity contribution is 5.80. The summed E-state index contributed by atoms with van der Waals surface area (Å²) in [5.41, 5.74) is 1.41. The van der Waals surface area contributed by atoms with Crippen LogP contribution in [0.25, 0.3) is 0 Å². The Morgan fingerprint density at radius 3 is 2.79 bits per heavy atom. The molecule has 2 N–H and O–H groups in total. The van der Waals surface area contributed by atoms with Gasteiger partial charge in [-0.1, -0.05) is 12.1 Å². The predicted octanol–water partition coefficient (Wildman–Crippen LogP) is 1.84. The van der Waals surface area contributed by atoms with Crippen molar-refractivity contribution in [2.45, 2.75) is 19.8 Å². The van der Waals surface area contributed by atoms with Crippen molar-refractivity contribution in [1.82, 2.24) is 5.32 Å². The number of carbonyl (C=O) groups is 1. The van der Waals surface area contributed by atoms with Crippen LogP contribution in [0, 0.1) is 23.0 Å². The van der Waals surface area contributed by atoms with Gasteiger partial charge >= 0.3 is 0 Å². The van der Waals surface area contributed by atoms with E-state index in [4.69, 9.17) is 0 Å². The molecule has 0 saturated heterocycles. The summed E-state index contributed by atoms with van der Waals surface area (Å²) >= 11 is 0. The van der Waals surface area contributed by atoms with E-state index < -0.39 is 4.92 Å². The van der Waals surface area contributed by atoms with Crippen LogP contribution >= 0.6 is 0 Å². The first kappa shape index (κ1) is 13.3. The zero-order valence-corrected chi connectivity index (χ0v) is 10.8. The fourth-order valence-electron chi connectivity index (χ4n) is 1.90. The number of nitro benzene ring substituents is 1. The van der Waals surface area contributed by atoms with Gasteiger partial charge < -0.3 is 10.6 Å². The minimum absolute atomic E-state index is 0.0634. The van der Waals surface area contributed by atoms with Gasteiger partial charge in [0.05, 0.1) is 4.92 Å². The fourth-order valence-corrected chi connectivity index (χ4v) is 1.90. The lowest BCUT2D eigenvalue weighted by Gasteiger charge is -2.10. The molecule has 0 aromatic heterocycles. The molecule has 1 aliphatic rings. The number of nitrogens with one attached hydrogen (secondary N) is 2. The van der Waals surface area contributed by atoms with Crippen LogP contribution in [0.4, 0.5) is 11.4 Å². The van der Waals surface area contributed by atoms with Crippen LogP contribution in [0.2, 0.25) is 0 Å². The molecule has 0 spiro atoms. The number of nitro groups is 1. The SMILES string of the molecule is Cc1cccc([N+](=O)[O-])c1NCCNC(=O)C1CC1. The van der Waals surface area contributed by atoms with Crippen molar-refractivity contribution < 1.29 is 9.72 Å². The highest BCUT2D eigenvalue weighted by atomic mass is 16.6. The first-order valence-electron chi connectivity index (χ1n) is 6.35. The number of rotatable bonds is 6. The lowest BCUT2D eigenvalue weighted by molar-refractivity contribution is -0.384. The standard InChI is InChI=1S/C13H17N3O3/c1-9-3-2-4-11(16(18)19)12(9)14-7-8-15-13(17)10-5-6-10/h2-4,10,14H,5-8H2,1H3,(H,15,17). The molecule has 1 saturated carbocycles. The van der Waals surface area contributed by atoms with Gasteiger partial charge in [0.1, 0.15) is 5.69 Å². The normalized spacial score (nSPS) is 13.9. The number of amides is 1. The number of hydrogen-bond donors (Lipinski definition) is 2. The zero-order valence-electron chi connectivity index (χ0n) is 10.8. The van der Waals surface area contributed by atoms with E-state index in [1.165, 1.54) is 6.07 Å². The Morgan fingerprint density at radius 1 is 1.42 bits per heavy atom. The van der Waals surface area contributed by atoms with Gasteiger partial charge in [0.15, 0.2) is 0 Å². The van der Waals surface area contributed by atoms with Gasteiger partial charge in [-0.2, -0.15) is 0 Å². The maximum atomic E-state index is 11.4. The van der Waals surface area contributed by atoms with Crippen molar-refractivity contribution >= 4 is 17.3 Å². The van der Waals surface area contributed by atoms with Crippen LogP contribution in [0.5, 0.6) is 0 Å². The molecule has 19 heavy (non-hydrogen) atoms. The minimum atomic E-state index is -0.405. The molecule has 1 fully saturated rings. The maximum absolute atomic E-state index is 11.4. The topological polar surface area (TPSA) is 84.3 Å². The van der Waals surface area contributed by atoms with Gasteiger partial charge in [-0.05, 0) is 25.3 Å². The second-order valence-electron chi connectivity index (χ2n) is 4.72. The highest BCUT2D eigenvalue weighted by Gasteiger charge is 2.29. The van der Waals surface area contributed by atoms with E-state index in [1.807, 2.05) is 13.0 Å². The molecule has 0 heterocycles. The summed E-state index contributed by atoms with van der Waals surface area (Å²) in [6, 6.07) is 4.95. The molecular formula is C13H17N3O3. The van der Waals surface area contributed by atoms with Crippen molar-refractivity contribution in [3.8, 4) is 0 Å². The molecule has 6 nitrogen and oxygen atoms in total. The van der Waals surface area contributed by atoms with Gasteiger partial charge in [-0.15, -0.1) is 0 Å². The lowest BCUT2D eigenvalue weighted by atomic mass is 10.1. The van der Waals surface area contributed by atoms with E-state index >= 15 is 0 Å². The number of nitrogens with zero attached hydrogens (tertiary/aromatic N) is 1.